The molecule has 0 radical (unpaired) electrons. The smallest absolute Gasteiger partial charge is 0.166 e. The van der Waals surface area contributed by atoms with Crippen LogP contribution < -0.4 is 10.6 Å². The highest BCUT2D eigenvalue weighted by Gasteiger charge is 2.32. The molecule has 0 heterocycles. The largest absolute Gasteiger partial charge is 0.395 e. The molecule has 4 heteroatoms. The Morgan fingerprint density at radius 1 is 1.35 bits per heavy atom. The van der Waals surface area contributed by atoms with Crippen LogP contribution in [0.15, 0.2) is 30.3 Å². The molecular weight excluding hydrogens is 232 g/mol. The van der Waals surface area contributed by atoms with Gasteiger partial charge >= 0.3 is 0 Å². The van der Waals surface area contributed by atoms with Crippen molar-refractivity contribution < 1.29 is 5.11 Å². The van der Waals surface area contributed by atoms with Crippen molar-refractivity contribution in [2.24, 2.45) is 5.92 Å². The molecule has 1 saturated carbocycles. The third kappa shape index (κ3) is 3.68. The fraction of sp³-hybridized carbons (Fsp3) is 0.462. The molecule has 0 saturated heterocycles. The van der Waals surface area contributed by atoms with Crippen LogP contribution in [0.1, 0.15) is 24.4 Å². The molecule has 1 aromatic rings. The summed E-state index contributed by atoms with van der Waals surface area (Å²) in [5, 5.41) is 15.7. The highest BCUT2D eigenvalue weighted by Crippen LogP contribution is 2.40. The van der Waals surface area contributed by atoms with Crippen LogP contribution in [0.3, 0.4) is 0 Å². The lowest BCUT2D eigenvalue weighted by Gasteiger charge is -2.20. The first kappa shape index (κ1) is 12.3. The highest BCUT2D eigenvalue weighted by atomic mass is 32.1. The molecule has 0 aliphatic heterocycles. The first-order valence-electron chi connectivity index (χ1n) is 6.01. The molecule has 0 amide bonds. The molecule has 1 fully saturated rings. The van der Waals surface area contributed by atoms with Gasteiger partial charge < -0.3 is 15.7 Å². The van der Waals surface area contributed by atoms with Crippen LogP contribution in [-0.4, -0.2) is 23.4 Å². The maximum absolute atomic E-state index is 8.74. The Morgan fingerprint density at radius 3 is 2.65 bits per heavy atom. The van der Waals surface area contributed by atoms with Crippen LogP contribution in [0.25, 0.3) is 0 Å². The lowest BCUT2D eigenvalue weighted by atomic mass is 10.0. The van der Waals surface area contributed by atoms with Crippen molar-refractivity contribution in [2.75, 3.05) is 13.2 Å². The van der Waals surface area contributed by atoms with E-state index in [0.717, 1.165) is 0 Å². The molecule has 3 nitrogen and oxygen atoms in total. The summed E-state index contributed by atoms with van der Waals surface area (Å²) in [6.45, 7) is 0.596. The molecule has 0 aromatic heterocycles. The van der Waals surface area contributed by atoms with Crippen LogP contribution in [0.4, 0.5) is 0 Å². The Labute approximate surface area is 107 Å². The quantitative estimate of drug-likeness (QED) is 0.695. The minimum absolute atomic E-state index is 0.0985. The highest BCUT2D eigenvalue weighted by molar-refractivity contribution is 7.80. The number of hydrogen-bond donors (Lipinski definition) is 3. The Bertz CT molecular complexity index is 365. The fourth-order valence-electron chi connectivity index (χ4n) is 1.92. The van der Waals surface area contributed by atoms with Gasteiger partial charge in [0, 0.05) is 6.54 Å². The summed E-state index contributed by atoms with van der Waals surface area (Å²) in [4.78, 5) is 0. The number of rotatable bonds is 5. The normalized spacial score (nSPS) is 16.3. The van der Waals surface area contributed by atoms with E-state index < -0.39 is 0 Å². The average molecular weight is 250 g/mol. The van der Waals surface area contributed by atoms with Gasteiger partial charge in [0.15, 0.2) is 5.11 Å². The Kier molecular flexibility index (Phi) is 4.34. The zero-order valence-electron chi connectivity index (χ0n) is 9.73. The number of thiocarbonyl (C=S) groups is 1. The van der Waals surface area contributed by atoms with Crippen molar-refractivity contribution >= 4 is 17.3 Å². The number of aliphatic hydroxyl groups is 1. The number of nitrogens with one attached hydrogen (secondary N) is 2. The second-order valence-electron chi connectivity index (χ2n) is 4.35. The van der Waals surface area contributed by atoms with Crippen LogP contribution in [0.2, 0.25) is 0 Å². The number of hydrogen-bond acceptors (Lipinski definition) is 2. The molecule has 1 aliphatic rings. The maximum atomic E-state index is 8.74. The van der Waals surface area contributed by atoms with E-state index in [2.05, 4.69) is 34.9 Å². The zero-order valence-corrected chi connectivity index (χ0v) is 10.5. The van der Waals surface area contributed by atoms with E-state index in [1.807, 2.05) is 6.07 Å². The number of benzene rings is 1. The lowest BCUT2D eigenvalue weighted by Crippen LogP contribution is -2.39. The first-order valence-corrected chi connectivity index (χ1v) is 6.42. The molecule has 17 heavy (non-hydrogen) atoms. The summed E-state index contributed by atoms with van der Waals surface area (Å²) in [5.41, 5.74) is 1.28. The fourth-order valence-corrected chi connectivity index (χ4v) is 2.15. The van der Waals surface area contributed by atoms with Crippen molar-refractivity contribution in [1.29, 1.82) is 0 Å². The number of aliphatic hydroxyl groups excluding tert-OH is 1. The van der Waals surface area contributed by atoms with E-state index in [1.165, 1.54) is 18.4 Å². The van der Waals surface area contributed by atoms with Gasteiger partial charge in [0.25, 0.3) is 0 Å². The van der Waals surface area contributed by atoms with Gasteiger partial charge in [-0.25, -0.2) is 0 Å². The van der Waals surface area contributed by atoms with Gasteiger partial charge in [0.05, 0.1) is 12.6 Å². The van der Waals surface area contributed by atoms with E-state index in [-0.39, 0.29) is 6.61 Å². The van der Waals surface area contributed by atoms with E-state index in [0.29, 0.717) is 23.6 Å². The molecule has 1 atom stereocenters. The van der Waals surface area contributed by atoms with Crippen LogP contribution in [0.5, 0.6) is 0 Å². The summed E-state index contributed by atoms with van der Waals surface area (Å²) in [6.07, 6.45) is 2.52. The lowest BCUT2D eigenvalue weighted by molar-refractivity contribution is 0.300. The molecule has 1 unspecified atom stereocenters. The summed E-state index contributed by atoms with van der Waals surface area (Å²) in [6, 6.07) is 10.7. The first-order chi connectivity index (χ1) is 8.31. The molecule has 2 rings (SSSR count). The Morgan fingerprint density at radius 2 is 2.06 bits per heavy atom. The van der Waals surface area contributed by atoms with Crippen molar-refractivity contribution in [1.82, 2.24) is 10.6 Å². The van der Waals surface area contributed by atoms with E-state index in [9.17, 15) is 0 Å². The standard InChI is InChI=1S/C13H18N2OS/c16-9-8-14-13(17)15-12(11-6-7-11)10-4-2-1-3-5-10/h1-5,11-12,16H,6-9H2,(H2,14,15,17). The van der Waals surface area contributed by atoms with Gasteiger partial charge in [-0.15, -0.1) is 0 Å². The zero-order chi connectivity index (χ0) is 12.1. The van der Waals surface area contributed by atoms with Crippen molar-refractivity contribution in [3.05, 3.63) is 35.9 Å². The molecule has 0 spiro atoms. The topological polar surface area (TPSA) is 44.3 Å². The molecule has 0 bridgehead atoms. The molecule has 92 valence electrons. The molecule has 1 aromatic carbocycles. The monoisotopic (exact) mass is 250 g/mol. The average Bonchev–Trinajstić information content (AvgIpc) is 3.19. The summed E-state index contributed by atoms with van der Waals surface area (Å²) < 4.78 is 0. The van der Waals surface area contributed by atoms with Crippen LogP contribution >= 0.6 is 12.2 Å². The van der Waals surface area contributed by atoms with E-state index in [4.69, 9.17) is 17.3 Å². The van der Waals surface area contributed by atoms with Gasteiger partial charge in [0.1, 0.15) is 0 Å². The van der Waals surface area contributed by atoms with Crippen LogP contribution in [0, 0.1) is 5.92 Å². The van der Waals surface area contributed by atoms with Gasteiger partial charge in [-0.2, -0.15) is 0 Å². The van der Waals surface area contributed by atoms with Crippen LogP contribution in [-0.2, 0) is 0 Å². The SMILES string of the molecule is OCCNC(=S)NC(c1ccccc1)C1CC1. The maximum Gasteiger partial charge on any atom is 0.166 e. The molecular formula is C13H18N2OS. The van der Waals surface area contributed by atoms with Gasteiger partial charge in [-0.1, -0.05) is 30.3 Å². The van der Waals surface area contributed by atoms with E-state index >= 15 is 0 Å². The van der Waals surface area contributed by atoms with Gasteiger partial charge in [0.2, 0.25) is 0 Å². The summed E-state index contributed by atoms with van der Waals surface area (Å²) >= 11 is 5.21. The minimum atomic E-state index is 0.0985. The van der Waals surface area contributed by atoms with Crippen molar-refractivity contribution in [3.8, 4) is 0 Å². The second-order valence-corrected chi connectivity index (χ2v) is 4.76. The third-order valence-electron chi connectivity index (χ3n) is 2.94. The molecule has 1 aliphatic carbocycles. The van der Waals surface area contributed by atoms with Gasteiger partial charge in [-0.3, -0.25) is 0 Å². The summed E-state index contributed by atoms with van der Waals surface area (Å²) in [5.74, 6) is 0.686. The predicted octanol–water partition coefficient (Wildman–Crippen LogP) is 1.59. The Hall–Kier alpha value is -1.13. The van der Waals surface area contributed by atoms with Crippen molar-refractivity contribution in [3.63, 3.8) is 0 Å². The van der Waals surface area contributed by atoms with Crippen molar-refractivity contribution in [2.45, 2.75) is 18.9 Å². The second kappa shape index (κ2) is 5.98. The molecule has 3 N–H and O–H groups in total. The predicted molar refractivity (Wildman–Crippen MR) is 72.7 cm³/mol. The van der Waals surface area contributed by atoms with E-state index in [1.54, 1.807) is 0 Å². The third-order valence-corrected chi connectivity index (χ3v) is 3.20. The minimum Gasteiger partial charge on any atom is -0.395 e. The Balaban J connectivity index is 1.96. The summed E-state index contributed by atoms with van der Waals surface area (Å²) in [7, 11) is 0. The van der Waals surface area contributed by atoms with Gasteiger partial charge in [-0.05, 0) is 36.5 Å².